The van der Waals surface area contributed by atoms with Gasteiger partial charge in [-0.05, 0) is 38.5 Å². The lowest BCUT2D eigenvalue weighted by atomic mass is 10.1. The third-order valence-electron chi connectivity index (χ3n) is 2.10. The molecule has 0 aliphatic carbocycles. The van der Waals surface area contributed by atoms with Gasteiger partial charge in [0.05, 0.1) is 5.60 Å². The number of phenols is 1. The molecule has 1 aromatic rings. The highest BCUT2D eigenvalue weighted by Gasteiger charge is 2.25. The molecule has 0 saturated carbocycles. The van der Waals surface area contributed by atoms with Crippen LogP contribution in [0.25, 0.3) is 0 Å². The highest BCUT2D eigenvalue weighted by molar-refractivity contribution is 5.72. The second-order valence-electron chi connectivity index (χ2n) is 4.93. The summed E-state index contributed by atoms with van der Waals surface area (Å²) in [6.45, 7) is 5.43. The summed E-state index contributed by atoms with van der Waals surface area (Å²) in [6.07, 6.45) is -0.669. The number of ether oxygens (including phenoxy) is 1. The number of rotatable bonds is 4. The van der Waals surface area contributed by atoms with E-state index in [9.17, 15) is 9.90 Å². The van der Waals surface area contributed by atoms with Gasteiger partial charge in [0, 0.05) is 6.42 Å². The summed E-state index contributed by atoms with van der Waals surface area (Å²) in [6, 6.07) is 6.54. The Morgan fingerprint density at radius 3 is 2.53 bits per heavy atom. The third kappa shape index (κ3) is 4.87. The normalized spacial score (nSPS) is 13.4. The molecular weight excluding hydrogens is 220 g/mol. The molecule has 0 bridgehead atoms. The minimum absolute atomic E-state index is 0.127. The van der Waals surface area contributed by atoms with Gasteiger partial charge in [0.15, 0.2) is 6.10 Å². The summed E-state index contributed by atoms with van der Waals surface area (Å²) < 4.78 is 5.46. The van der Waals surface area contributed by atoms with Crippen LogP contribution in [0.4, 0.5) is 0 Å². The van der Waals surface area contributed by atoms with Gasteiger partial charge in [-0.1, -0.05) is 12.1 Å². The van der Waals surface area contributed by atoms with E-state index in [-0.39, 0.29) is 12.2 Å². The Bertz CT molecular complexity index is 393. The fraction of sp³-hybridized carbons (Fsp3) is 0.462. The molecule has 1 aromatic carbocycles. The van der Waals surface area contributed by atoms with Gasteiger partial charge in [-0.2, -0.15) is 0 Å². The smallest absolute Gasteiger partial charge is 0.333 e. The second kappa shape index (κ2) is 5.19. The molecule has 4 heteroatoms. The van der Waals surface area contributed by atoms with Gasteiger partial charge < -0.3 is 14.9 Å². The lowest BCUT2D eigenvalue weighted by Gasteiger charge is -2.25. The van der Waals surface area contributed by atoms with Crippen LogP contribution in [0.5, 0.6) is 5.75 Å². The second-order valence-corrected chi connectivity index (χ2v) is 4.93. The van der Waals surface area contributed by atoms with Crippen molar-refractivity contribution in [3.63, 3.8) is 0 Å². The number of carboxylic acid groups (broad SMARTS) is 1. The van der Waals surface area contributed by atoms with Gasteiger partial charge in [0.25, 0.3) is 0 Å². The van der Waals surface area contributed by atoms with E-state index in [2.05, 4.69) is 0 Å². The monoisotopic (exact) mass is 238 g/mol. The van der Waals surface area contributed by atoms with Crippen LogP contribution in [0.1, 0.15) is 26.3 Å². The molecule has 2 N–H and O–H groups in total. The predicted octanol–water partition coefficient (Wildman–Crippen LogP) is 2.20. The molecule has 1 rings (SSSR count). The molecule has 0 heterocycles. The zero-order valence-corrected chi connectivity index (χ0v) is 10.3. The Hall–Kier alpha value is -1.55. The third-order valence-corrected chi connectivity index (χ3v) is 2.10. The van der Waals surface area contributed by atoms with Crippen molar-refractivity contribution in [2.24, 2.45) is 0 Å². The molecule has 0 aliphatic rings. The molecule has 0 radical (unpaired) electrons. The van der Waals surface area contributed by atoms with E-state index in [4.69, 9.17) is 9.84 Å². The molecule has 0 unspecified atom stereocenters. The Kier molecular flexibility index (Phi) is 4.12. The van der Waals surface area contributed by atoms with Crippen LogP contribution in [0.15, 0.2) is 24.3 Å². The fourth-order valence-electron chi connectivity index (χ4n) is 1.50. The molecule has 0 amide bonds. The van der Waals surface area contributed by atoms with Gasteiger partial charge in [0.2, 0.25) is 0 Å². The van der Waals surface area contributed by atoms with E-state index in [0.717, 1.165) is 5.56 Å². The van der Waals surface area contributed by atoms with E-state index >= 15 is 0 Å². The first-order chi connectivity index (χ1) is 7.78. The Morgan fingerprint density at radius 1 is 1.41 bits per heavy atom. The lowest BCUT2D eigenvalue weighted by molar-refractivity contribution is -0.159. The highest BCUT2D eigenvalue weighted by Crippen LogP contribution is 2.17. The molecular formula is C13H18O4. The number of aromatic hydroxyl groups is 1. The van der Waals surface area contributed by atoms with Crippen molar-refractivity contribution in [1.29, 1.82) is 0 Å². The minimum atomic E-state index is -0.997. The molecule has 0 fully saturated rings. The number of hydrogen-bond donors (Lipinski definition) is 2. The summed E-state index contributed by atoms with van der Waals surface area (Å²) in [5.41, 5.74) is 0.224. The summed E-state index contributed by atoms with van der Waals surface area (Å²) in [7, 11) is 0. The standard InChI is InChI=1S/C13H18O4/c1-13(2,3)17-11(12(15)16)8-9-5-4-6-10(14)7-9/h4-7,11,14H,8H2,1-3H3,(H,15,16)/t11-/m1/s1. The Morgan fingerprint density at radius 2 is 2.06 bits per heavy atom. The van der Waals surface area contributed by atoms with Crippen molar-refractivity contribution >= 4 is 5.97 Å². The van der Waals surface area contributed by atoms with Crippen LogP contribution in [0.2, 0.25) is 0 Å². The van der Waals surface area contributed by atoms with Crippen LogP contribution >= 0.6 is 0 Å². The van der Waals surface area contributed by atoms with Crippen LogP contribution in [-0.4, -0.2) is 27.9 Å². The lowest BCUT2D eigenvalue weighted by Crippen LogP contribution is -2.34. The number of hydrogen-bond acceptors (Lipinski definition) is 3. The Labute approximate surface area is 101 Å². The number of carbonyl (C=O) groups is 1. The van der Waals surface area contributed by atoms with E-state index < -0.39 is 17.7 Å². The van der Waals surface area contributed by atoms with E-state index in [1.165, 1.54) is 0 Å². The van der Waals surface area contributed by atoms with Crippen molar-refractivity contribution in [2.75, 3.05) is 0 Å². The van der Waals surface area contributed by atoms with Gasteiger partial charge in [-0.3, -0.25) is 0 Å². The quantitative estimate of drug-likeness (QED) is 0.844. The van der Waals surface area contributed by atoms with Crippen LogP contribution in [-0.2, 0) is 16.0 Å². The average molecular weight is 238 g/mol. The zero-order valence-electron chi connectivity index (χ0n) is 10.3. The van der Waals surface area contributed by atoms with Gasteiger partial charge in [-0.15, -0.1) is 0 Å². The molecule has 1 atom stereocenters. The maximum atomic E-state index is 11.1. The number of carboxylic acids is 1. The number of aliphatic carboxylic acids is 1. The minimum Gasteiger partial charge on any atom is -0.508 e. The summed E-state index contributed by atoms with van der Waals surface area (Å²) in [5.74, 6) is -0.870. The molecule has 0 saturated heterocycles. The number of phenolic OH excluding ortho intramolecular Hbond substituents is 1. The highest BCUT2D eigenvalue weighted by atomic mass is 16.5. The van der Waals surface area contributed by atoms with Gasteiger partial charge in [0.1, 0.15) is 5.75 Å². The van der Waals surface area contributed by atoms with Crippen molar-refractivity contribution in [1.82, 2.24) is 0 Å². The van der Waals surface area contributed by atoms with Crippen molar-refractivity contribution in [3.05, 3.63) is 29.8 Å². The van der Waals surface area contributed by atoms with Crippen molar-refractivity contribution in [2.45, 2.75) is 38.9 Å². The van der Waals surface area contributed by atoms with Gasteiger partial charge >= 0.3 is 5.97 Å². The molecule has 17 heavy (non-hydrogen) atoms. The predicted molar refractivity (Wildman–Crippen MR) is 64.1 cm³/mol. The largest absolute Gasteiger partial charge is 0.508 e. The number of benzene rings is 1. The molecule has 94 valence electrons. The maximum Gasteiger partial charge on any atom is 0.333 e. The average Bonchev–Trinajstić information content (AvgIpc) is 2.14. The van der Waals surface area contributed by atoms with Crippen LogP contribution in [0, 0.1) is 0 Å². The summed E-state index contributed by atoms with van der Waals surface area (Å²) >= 11 is 0. The van der Waals surface area contributed by atoms with E-state index in [1.807, 2.05) is 20.8 Å². The topological polar surface area (TPSA) is 66.8 Å². The van der Waals surface area contributed by atoms with Crippen LogP contribution in [0.3, 0.4) is 0 Å². The first-order valence-corrected chi connectivity index (χ1v) is 5.46. The van der Waals surface area contributed by atoms with Crippen molar-refractivity contribution < 1.29 is 19.7 Å². The van der Waals surface area contributed by atoms with Crippen molar-refractivity contribution in [3.8, 4) is 5.75 Å². The first kappa shape index (κ1) is 13.5. The summed E-state index contributed by atoms with van der Waals surface area (Å²) in [4.78, 5) is 11.1. The molecule has 0 spiro atoms. The van der Waals surface area contributed by atoms with Crippen LogP contribution < -0.4 is 0 Å². The summed E-state index contributed by atoms with van der Waals surface area (Å²) in [5, 5.41) is 18.4. The molecule has 0 aliphatic heterocycles. The fourth-order valence-corrected chi connectivity index (χ4v) is 1.50. The van der Waals surface area contributed by atoms with E-state index in [1.54, 1.807) is 24.3 Å². The van der Waals surface area contributed by atoms with E-state index in [0.29, 0.717) is 0 Å². The first-order valence-electron chi connectivity index (χ1n) is 5.46. The van der Waals surface area contributed by atoms with Gasteiger partial charge in [-0.25, -0.2) is 4.79 Å². The Balaban J connectivity index is 2.77. The zero-order chi connectivity index (χ0) is 13.1. The maximum absolute atomic E-state index is 11.1. The molecule has 0 aromatic heterocycles. The SMILES string of the molecule is CC(C)(C)O[C@H](Cc1cccc(O)c1)C(=O)O. The molecule has 4 nitrogen and oxygen atoms in total.